The highest BCUT2D eigenvalue weighted by molar-refractivity contribution is 4.89. The molecule has 1 rings (SSSR count). The molecule has 2 nitrogen and oxygen atoms in total. The summed E-state index contributed by atoms with van der Waals surface area (Å²) in [5.74, 6) is 3.22. The van der Waals surface area contributed by atoms with Gasteiger partial charge < -0.3 is 10.2 Å². The molecule has 0 bridgehead atoms. The topological polar surface area (TPSA) is 15.3 Å². The molecule has 0 radical (unpaired) electrons. The minimum atomic E-state index is 0.435. The second kappa shape index (κ2) is 7.70. The molecule has 0 amide bonds. The molecule has 1 heterocycles. The van der Waals surface area contributed by atoms with Gasteiger partial charge in [0.05, 0.1) is 0 Å². The van der Waals surface area contributed by atoms with Gasteiger partial charge in [-0.3, -0.25) is 0 Å². The largest absolute Gasteiger partial charge is 0.314 e. The van der Waals surface area contributed by atoms with Gasteiger partial charge in [0.1, 0.15) is 0 Å². The van der Waals surface area contributed by atoms with E-state index in [9.17, 15) is 0 Å². The molecule has 0 spiro atoms. The van der Waals surface area contributed by atoms with Gasteiger partial charge in [-0.25, -0.2) is 0 Å². The van der Waals surface area contributed by atoms with E-state index in [1.165, 1.54) is 45.3 Å². The van der Waals surface area contributed by atoms with Gasteiger partial charge in [0.2, 0.25) is 0 Å². The Balaban J connectivity index is 1.98. The van der Waals surface area contributed by atoms with Gasteiger partial charge in [0, 0.05) is 12.0 Å². The number of hydrogen-bond acceptors (Lipinski definition) is 2. The first-order valence-corrected chi connectivity index (χ1v) is 6.60. The Labute approximate surface area is 101 Å². The van der Waals surface area contributed by atoms with E-state index in [0.717, 1.165) is 12.5 Å². The lowest BCUT2D eigenvalue weighted by molar-refractivity contribution is 0.302. The summed E-state index contributed by atoms with van der Waals surface area (Å²) in [5.41, 5.74) is 0. The van der Waals surface area contributed by atoms with E-state index >= 15 is 0 Å². The van der Waals surface area contributed by atoms with Crippen molar-refractivity contribution in [3.05, 3.63) is 0 Å². The number of hydrogen-bond donors (Lipinski definition) is 1. The fourth-order valence-electron chi connectivity index (χ4n) is 2.24. The Kier molecular flexibility index (Phi) is 6.52. The molecule has 0 aromatic heterocycles. The third-order valence-electron chi connectivity index (χ3n) is 3.48. The van der Waals surface area contributed by atoms with Crippen molar-refractivity contribution >= 4 is 0 Å². The third kappa shape index (κ3) is 5.53. The van der Waals surface area contributed by atoms with Crippen LogP contribution >= 0.6 is 0 Å². The molecule has 0 aromatic rings. The normalized spacial score (nSPS) is 22.2. The second-order valence-electron chi connectivity index (χ2n) is 5.10. The highest BCUT2D eigenvalue weighted by Gasteiger charge is 2.13. The summed E-state index contributed by atoms with van der Waals surface area (Å²) in [6.07, 6.45) is 11.7. The molecule has 2 unspecified atom stereocenters. The molecular formula is C14H26N2. The first kappa shape index (κ1) is 13.5. The predicted molar refractivity (Wildman–Crippen MR) is 70.4 cm³/mol. The predicted octanol–water partition coefficient (Wildman–Crippen LogP) is 2.11. The van der Waals surface area contributed by atoms with Crippen molar-refractivity contribution < 1.29 is 0 Å². The van der Waals surface area contributed by atoms with Crippen LogP contribution in [-0.2, 0) is 0 Å². The van der Waals surface area contributed by atoms with Crippen LogP contribution in [0.1, 0.15) is 39.0 Å². The number of rotatable bonds is 7. The maximum absolute atomic E-state index is 5.36. The average molecular weight is 222 g/mol. The SMILES string of the molecule is C#CC(C)CCCN(C)CCC1CCCN1. The van der Waals surface area contributed by atoms with E-state index < -0.39 is 0 Å². The van der Waals surface area contributed by atoms with Crippen molar-refractivity contribution in [3.63, 3.8) is 0 Å². The van der Waals surface area contributed by atoms with Gasteiger partial charge in [0.15, 0.2) is 0 Å². The Morgan fingerprint density at radius 2 is 2.31 bits per heavy atom. The van der Waals surface area contributed by atoms with E-state index in [-0.39, 0.29) is 0 Å². The first-order valence-electron chi connectivity index (χ1n) is 6.60. The molecule has 92 valence electrons. The van der Waals surface area contributed by atoms with Crippen molar-refractivity contribution in [2.45, 2.75) is 45.1 Å². The van der Waals surface area contributed by atoms with Gasteiger partial charge in [-0.15, -0.1) is 12.3 Å². The molecule has 1 saturated heterocycles. The Bertz CT molecular complexity index is 213. The molecule has 1 fully saturated rings. The van der Waals surface area contributed by atoms with Gasteiger partial charge >= 0.3 is 0 Å². The van der Waals surface area contributed by atoms with Crippen LogP contribution in [0, 0.1) is 18.3 Å². The zero-order valence-corrected chi connectivity index (χ0v) is 10.8. The average Bonchev–Trinajstić information content (AvgIpc) is 2.79. The second-order valence-corrected chi connectivity index (χ2v) is 5.10. The highest BCUT2D eigenvalue weighted by atomic mass is 15.1. The summed E-state index contributed by atoms with van der Waals surface area (Å²) in [7, 11) is 2.22. The molecule has 0 saturated carbocycles. The smallest absolute Gasteiger partial charge is 0.0172 e. The van der Waals surface area contributed by atoms with Crippen LogP contribution in [0.25, 0.3) is 0 Å². The van der Waals surface area contributed by atoms with E-state index in [1.807, 2.05) is 0 Å². The zero-order chi connectivity index (χ0) is 11.8. The fraction of sp³-hybridized carbons (Fsp3) is 0.857. The summed E-state index contributed by atoms with van der Waals surface area (Å²) >= 11 is 0. The fourth-order valence-corrected chi connectivity index (χ4v) is 2.24. The third-order valence-corrected chi connectivity index (χ3v) is 3.48. The molecule has 2 atom stereocenters. The molecular weight excluding hydrogens is 196 g/mol. The van der Waals surface area contributed by atoms with Gasteiger partial charge in [-0.1, -0.05) is 6.92 Å². The zero-order valence-electron chi connectivity index (χ0n) is 10.8. The van der Waals surface area contributed by atoms with Crippen molar-refractivity contribution in [3.8, 4) is 12.3 Å². The van der Waals surface area contributed by atoms with Crippen LogP contribution in [0.4, 0.5) is 0 Å². The monoisotopic (exact) mass is 222 g/mol. The minimum Gasteiger partial charge on any atom is -0.314 e. The van der Waals surface area contributed by atoms with Crippen LogP contribution in [0.3, 0.4) is 0 Å². The van der Waals surface area contributed by atoms with E-state index in [4.69, 9.17) is 6.42 Å². The van der Waals surface area contributed by atoms with Crippen molar-refractivity contribution in [1.82, 2.24) is 10.2 Å². The van der Waals surface area contributed by atoms with Gasteiger partial charge in [0.25, 0.3) is 0 Å². The first-order chi connectivity index (χ1) is 7.72. The number of nitrogens with one attached hydrogen (secondary N) is 1. The summed E-state index contributed by atoms with van der Waals surface area (Å²) in [4.78, 5) is 2.43. The van der Waals surface area contributed by atoms with Gasteiger partial charge in [-0.05, 0) is 58.8 Å². The lowest BCUT2D eigenvalue weighted by Crippen LogP contribution is -2.29. The lowest BCUT2D eigenvalue weighted by atomic mass is 10.1. The Hall–Kier alpha value is -0.520. The minimum absolute atomic E-state index is 0.435. The molecule has 1 aliphatic heterocycles. The highest BCUT2D eigenvalue weighted by Crippen LogP contribution is 2.10. The quantitative estimate of drug-likeness (QED) is 0.664. The van der Waals surface area contributed by atoms with Crippen molar-refractivity contribution in [1.29, 1.82) is 0 Å². The maximum Gasteiger partial charge on any atom is 0.0172 e. The van der Waals surface area contributed by atoms with Crippen molar-refractivity contribution in [2.24, 2.45) is 5.92 Å². The summed E-state index contributed by atoms with van der Waals surface area (Å²) < 4.78 is 0. The van der Waals surface area contributed by atoms with Crippen LogP contribution in [0.2, 0.25) is 0 Å². The molecule has 1 N–H and O–H groups in total. The number of terminal acetylenes is 1. The molecule has 2 heteroatoms. The Morgan fingerprint density at radius 3 is 2.94 bits per heavy atom. The van der Waals surface area contributed by atoms with Gasteiger partial charge in [-0.2, -0.15) is 0 Å². The van der Waals surface area contributed by atoms with Crippen LogP contribution in [0.5, 0.6) is 0 Å². The van der Waals surface area contributed by atoms with Crippen LogP contribution in [-0.4, -0.2) is 37.6 Å². The summed E-state index contributed by atoms with van der Waals surface area (Å²) in [5, 5.41) is 3.54. The van der Waals surface area contributed by atoms with E-state index in [0.29, 0.717) is 5.92 Å². The van der Waals surface area contributed by atoms with E-state index in [1.54, 1.807) is 0 Å². The molecule has 16 heavy (non-hydrogen) atoms. The number of nitrogens with zero attached hydrogens (tertiary/aromatic N) is 1. The van der Waals surface area contributed by atoms with Crippen LogP contribution in [0.15, 0.2) is 0 Å². The molecule has 1 aliphatic rings. The Morgan fingerprint density at radius 1 is 1.50 bits per heavy atom. The maximum atomic E-state index is 5.36. The van der Waals surface area contributed by atoms with Crippen LogP contribution < -0.4 is 5.32 Å². The molecule has 0 aliphatic carbocycles. The summed E-state index contributed by atoms with van der Waals surface area (Å²) in [6.45, 7) is 5.73. The molecule has 0 aromatic carbocycles. The lowest BCUT2D eigenvalue weighted by Gasteiger charge is -2.19. The summed E-state index contributed by atoms with van der Waals surface area (Å²) in [6, 6.07) is 0.770. The van der Waals surface area contributed by atoms with Crippen molar-refractivity contribution in [2.75, 3.05) is 26.7 Å². The standard InChI is InChI=1S/C14H26N2/c1-4-13(2)7-6-11-16(3)12-9-14-8-5-10-15-14/h1,13-15H,5-12H2,2-3H3. The van der Waals surface area contributed by atoms with E-state index in [2.05, 4.69) is 30.1 Å².